The molecule has 120 valence electrons. The molecule has 0 fully saturated rings. The number of hydrogen-bond donors (Lipinski definition) is 2. The molecule has 1 heterocycles. The first-order valence-electron chi connectivity index (χ1n) is 7.33. The molecule has 0 aliphatic carbocycles. The number of anilines is 1. The number of rotatable bonds is 4. The van der Waals surface area contributed by atoms with Crippen LogP contribution in [0.4, 0.5) is 5.69 Å². The van der Waals surface area contributed by atoms with Gasteiger partial charge in [0.25, 0.3) is 11.8 Å². The fraction of sp³-hybridized carbons (Fsp3) is 0.0556. The van der Waals surface area contributed by atoms with E-state index in [0.29, 0.717) is 16.9 Å². The van der Waals surface area contributed by atoms with E-state index in [1.807, 2.05) is 30.3 Å². The molecule has 0 aliphatic heterocycles. The molecule has 0 spiro atoms. The van der Waals surface area contributed by atoms with E-state index in [2.05, 4.69) is 15.8 Å². The van der Waals surface area contributed by atoms with Crippen molar-refractivity contribution in [2.75, 3.05) is 12.4 Å². The Morgan fingerprint density at radius 3 is 2.33 bits per heavy atom. The molecule has 3 aromatic rings. The fourth-order valence-electron chi connectivity index (χ4n) is 2.17. The summed E-state index contributed by atoms with van der Waals surface area (Å²) < 4.78 is 5.11. The molecule has 0 bridgehead atoms. The molecule has 0 saturated carbocycles. The van der Waals surface area contributed by atoms with Crippen molar-refractivity contribution in [3.05, 3.63) is 72.0 Å². The van der Waals surface area contributed by atoms with Gasteiger partial charge in [-0.25, -0.2) is 0 Å². The van der Waals surface area contributed by atoms with Crippen LogP contribution in [0.5, 0.6) is 0 Å². The topological polar surface area (TPSA) is 84.2 Å². The maximum Gasteiger partial charge on any atom is 0.294 e. The third-order valence-corrected chi connectivity index (χ3v) is 3.44. The average Bonchev–Trinajstić information content (AvgIpc) is 3.13. The summed E-state index contributed by atoms with van der Waals surface area (Å²) in [6.07, 6.45) is 0. The van der Waals surface area contributed by atoms with Gasteiger partial charge in [-0.15, -0.1) is 0 Å². The Morgan fingerprint density at radius 1 is 0.958 bits per heavy atom. The average molecular weight is 321 g/mol. The third kappa shape index (κ3) is 3.33. The Balaban J connectivity index is 1.71. The van der Waals surface area contributed by atoms with E-state index >= 15 is 0 Å². The number of hydrogen-bond acceptors (Lipinski definition) is 4. The number of carbonyl (C=O) groups excluding carboxylic acids is 2. The number of carbonyl (C=O) groups is 2. The Morgan fingerprint density at radius 2 is 1.67 bits per heavy atom. The van der Waals surface area contributed by atoms with Crippen molar-refractivity contribution in [1.29, 1.82) is 0 Å². The second-order valence-electron chi connectivity index (χ2n) is 5.05. The highest BCUT2D eigenvalue weighted by atomic mass is 16.5. The number of benzene rings is 2. The smallest absolute Gasteiger partial charge is 0.294 e. The zero-order valence-corrected chi connectivity index (χ0v) is 12.9. The lowest BCUT2D eigenvalue weighted by atomic mass is 10.1. The first kappa shape index (κ1) is 15.5. The van der Waals surface area contributed by atoms with Crippen molar-refractivity contribution in [3.8, 4) is 11.3 Å². The molecule has 0 atom stereocenters. The lowest BCUT2D eigenvalue weighted by molar-refractivity contribution is 0.0961. The zero-order valence-electron chi connectivity index (χ0n) is 12.9. The van der Waals surface area contributed by atoms with Crippen molar-refractivity contribution >= 4 is 17.5 Å². The van der Waals surface area contributed by atoms with E-state index in [9.17, 15) is 9.59 Å². The molecule has 6 nitrogen and oxygen atoms in total. The number of aromatic nitrogens is 1. The van der Waals surface area contributed by atoms with Crippen LogP contribution in [0.3, 0.4) is 0 Å². The summed E-state index contributed by atoms with van der Waals surface area (Å²) in [5.41, 5.74) is 2.54. The van der Waals surface area contributed by atoms with Crippen LogP contribution in [-0.2, 0) is 0 Å². The van der Waals surface area contributed by atoms with Gasteiger partial charge in [-0.3, -0.25) is 9.59 Å². The molecule has 24 heavy (non-hydrogen) atoms. The fourth-order valence-corrected chi connectivity index (χ4v) is 2.17. The van der Waals surface area contributed by atoms with Crippen molar-refractivity contribution in [2.24, 2.45) is 0 Å². The van der Waals surface area contributed by atoms with Crippen LogP contribution < -0.4 is 10.6 Å². The Bertz CT molecular complexity index is 855. The highest BCUT2D eigenvalue weighted by Gasteiger charge is 2.14. The molecule has 6 heteroatoms. The van der Waals surface area contributed by atoms with E-state index in [0.717, 1.165) is 5.56 Å². The normalized spacial score (nSPS) is 10.2. The van der Waals surface area contributed by atoms with Gasteiger partial charge in [0.05, 0.1) is 0 Å². The van der Waals surface area contributed by atoms with Gasteiger partial charge in [-0.05, 0) is 24.3 Å². The second kappa shape index (κ2) is 6.78. The predicted molar refractivity (Wildman–Crippen MR) is 89.7 cm³/mol. The van der Waals surface area contributed by atoms with Gasteiger partial charge in [-0.1, -0.05) is 35.5 Å². The molecule has 0 radical (unpaired) electrons. The van der Waals surface area contributed by atoms with Crippen LogP contribution in [0.25, 0.3) is 11.3 Å². The van der Waals surface area contributed by atoms with Gasteiger partial charge < -0.3 is 15.2 Å². The summed E-state index contributed by atoms with van der Waals surface area (Å²) in [5.74, 6) is -0.475. The molecule has 0 saturated heterocycles. The summed E-state index contributed by atoms with van der Waals surface area (Å²) >= 11 is 0. The molecule has 2 aromatic carbocycles. The molecule has 3 rings (SSSR count). The van der Waals surface area contributed by atoms with Crippen molar-refractivity contribution in [1.82, 2.24) is 10.5 Å². The molecular weight excluding hydrogens is 306 g/mol. The van der Waals surface area contributed by atoms with E-state index in [1.54, 1.807) is 37.4 Å². The Labute approximate surface area is 138 Å². The van der Waals surface area contributed by atoms with Gasteiger partial charge in [0.15, 0.2) is 0 Å². The molecule has 2 N–H and O–H groups in total. The summed E-state index contributed by atoms with van der Waals surface area (Å²) in [6.45, 7) is 0. The van der Waals surface area contributed by atoms with Crippen molar-refractivity contribution in [3.63, 3.8) is 0 Å². The SMILES string of the molecule is CNC(=O)c1ccc(NC(=O)c2cc(-c3ccccc3)no2)cc1. The summed E-state index contributed by atoms with van der Waals surface area (Å²) in [7, 11) is 1.56. The monoisotopic (exact) mass is 321 g/mol. The highest BCUT2D eigenvalue weighted by Crippen LogP contribution is 2.19. The highest BCUT2D eigenvalue weighted by molar-refractivity contribution is 6.03. The predicted octanol–water partition coefficient (Wildman–Crippen LogP) is 2.95. The summed E-state index contributed by atoms with van der Waals surface area (Å²) in [4.78, 5) is 23.7. The first-order valence-corrected chi connectivity index (χ1v) is 7.33. The third-order valence-electron chi connectivity index (χ3n) is 3.44. The van der Waals surface area contributed by atoms with Crippen LogP contribution in [0, 0.1) is 0 Å². The molecule has 0 aliphatic rings. The summed E-state index contributed by atoms with van der Waals surface area (Å²) in [5, 5.41) is 9.15. The Hall–Kier alpha value is -3.41. The van der Waals surface area contributed by atoms with E-state index in [1.165, 1.54) is 0 Å². The number of nitrogens with zero attached hydrogens (tertiary/aromatic N) is 1. The minimum absolute atomic E-state index is 0.115. The second-order valence-corrected chi connectivity index (χ2v) is 5.05. The van der Waals surface area contributed by atoms with Crippen LogP contribution in [0.2, 0.25) is 0 Å². The van der Waals surface area contributed by atoms with E-state index in [4.69, 9.17) is 4.52 Å². The first-order chi connectivity index (χ1) is 11.7. The van der Waals surface area contributed by atoms with Gasteiger partial charge in [0.2, 0.25) is 5.76 Å². The molecule has 2 amide bonds. The zero-order chi connectivity index (χ0) is 16.9. The van der Waals surface area contributed by atoms with Gasteiger partial charge in [0, 0.05) is 29.9 Å². The Kier molecular flexibility index (Phi) is 4.38. The van der Waals surface area contributed by atoms with Gasteiger partial charge in [0.1, 0.15) is 5.69 Å². The maximum atomic E-state index is 12.2. The van der Waals surface area contributed by atoms with E-state index in [-0.39, 0.29) is 11.7 Å². The van der Waals surface area contributed by atoms with Crippen LogP contribution in [-0.4, -0.2) is 24.0 Å². The van der Waals surface area contributed by atoms with Crippen LogP contribution >= 0.6 is 0 Å². The lowest BCUT2D eigenvalue weighted by Gasteiger charge is -2.04. The number of nitrogens with one attached hydrogen (secondary N) is 2. The number of amides is 2. The maximum absolute atomic E-state index is 12.2. The lowest BCUT2D eigenvalue weighted by Crippen LogP contribution is -2.17. The molecular formula is C18H15N3O3. The largest absolute Gasteiger partial charge is 0.355 e. The van der Waals surface area contributed by atoms with Crippen molar-refractivity contribution < 1.29 is 14.1 Å². The van der Waals surface area contributed by atoms with Crippen molar-refractivity contribution in [2.45, 2.75) is 0 Å². The quantitative estimate of drug-likeness (QED) is 0.774. The minimum atomic E-state index is -0.405. The van der Waals surface area contributed by atoms with Gasteiger partial charge in [-0.2, -0.15) is 0 Å². The minimum Gasteiger partial charge on any atom is -0.355 e. The van der Waals surface area contributed by atoms with E-state index < -0.39 is 5.91 Å². The standard InChI is InChI=1S/C18H15N3O3/c1-19-17(22)13-7-9-14(10-8-13)20-18(23)16-11-15(21-24-16)12-5-3-2-4-6-12/h2-11H,1H3,(H,19,22)(H,20,23). The van der Waals surface area contributed by atoms with Gasteiger partial charge >= 0.3 is 0 Å². The molecule has 1 aromatic heterocycles. The van der Waals surface area contributed by atoms with Crippen LogP contribution in [0.15, 0.2) is 65.2 Å². The van der Waals surface area contributed by atoms with Crippen LogP contribution in [0.1, 0.15) is 20.9 Å². The molecule has 0 unspecified atom stereocenters. The summed E-state index contributed by atoms with van der Waals surface area (Å²) in [6, 6.07) is 17.6.